The zero-order valence-corrected chi connectivity index (χ0v) is 13.0. The Morgan fingerprint density at radius 2 is 1.75 bits per heavy atom. The maximum Gasteiger partial charge on any atom is 0.229 e. The summed E-state index contributed by atoms with van der Waals surface area (Å²) in [4.78, 5) is 9.08. The molecule has 0 unspecified atom stereocenters. The summed E-state index contributed by atoms with van der Waals surface area (Å²) in [6.07, 6.45) is 2.33. The van der Waals surface area contributed by atoms with Crippen molar-refractivity contribution in [3.63, 3.8) is 0 Å². The highest BCUT2D eigenvalue weighted by molar-refractivity contribution is 5.66. The number of hydrogen-bond acceptors (Lipinski definition) is 4. The van der Waals surface area contributed by atoms with Crippen LogP contribution in [0.5, 0.6) is 0 Å². The molecule has 1 aliphatic carbocycles. The van der Waals surface area contributed by atoms with Crippen molar-refractivity contribution in [1.29, 1.82) is 0 Å². The fraction of sp³-hybridized carbons (Fsp3) is 0.158. The van der Waals surface area contributed by atoms with Gasteiger partial charge in [0.25, 0.3) is 0 Å². The van der Waals surface area contributed by atoms with Gasteiger partial charge in [-0.15, -0.1) is 0 Å². The molecule has 1 saturated carbocycles. The topological polar surface area (TPSA) is 49.8 Å². The minimum absolute atomic E-state index is 0.296. The third-order valence-corrected chi connectivity index (χ3v) is 3.81. The molecule has 24 heavy (non-hydrogen) atoms. The van der Waals surface area contributed by atoms with Crippen LogP contribution in [0.2, 0.25) is 0 Å². The van der Waals surface area contributed by atoms with Crippen molar-refractivity contribution >= 4 is 17.5 Å². The van der Waals surface area contributed by atoms with E-state index >= 15 is 0 Å². The van der Waals surface area contributed by atoms with Crippen molar-refractivity contribution in [2.24, 2.45) is 0 Å². The van der Waals surface area contributed by atoms with Gasteiger partial charge < -0.3 is 10.6 Å². The third-order valence-electron chi connectivity index (χ3n) is 3.81. The normalized spacial score (nSPS) is 13.5. The summed E-state index contributed by atoms with van der Waals surface area (Å²) in [5, 5.41) is 6.49. The second kappa shape index (κ2) is 6.28. The van der Waals surface area contributed by atoms with E-state index in [1.54, 1.807) is 12.1 Å². The standard InChI is InChI=1S/C19H17FN4/c20-14-7-4-8-16(11-14)22-19-23-17(13-5-2-1-3-6-13)12-18(24-19)21-15-9-10-15/h1-8,11-12,15H,9-10H2,(H2,21,22,23,24). The summed E-state index contributed by atoms with van der Waals surface area (Å²) < 4.78 is 13.4. The lowest BCUT2D eigenvalue weighted by atomic mass is 10.1. The molecule has 0 bridgehead atoms. The second-order valence-electron chi connectivity index (χ2n) is 5.88. The third kappa shape index (κ3) is 3.51. The number of benzene rings is 2. The highest BCUT2D eigenvalue weighted by atomic mass is 19.1. The van der Waals surface area contributed by atoms with Gasteiger partial charge in [-0.1, -0.05) is 36.4 Å². The Morgan fingerprint density at radius 1 is 0.917 bits per heavy atom. The zero-order chi connectivity index (χ0) is 16.4. The Labute approximate surface area is 139 Å². The summed E-state index contributed by atoms with van der Waals surface area (Å²) >= 11 is 0. The molecule has 0 amide bonds. The molecular weight excluding hydrogens is 303 g/mol. The molecular formula is C19H17FN4. The number of nitrogens with one attached hydrogen (secondary N) is 2. The number of halogens is 1. The maximum atomic E-state index is 13.4. The van der Waals surface area contributed by atoms with Gasteiger partial charge in [-0.2, -0.15) is 4.98 Å². The average molecular weight is 320 g/mol. The quantitative estimate of drug-likeness (QED) is 0.721. The van der Waals surface area contributed by atoms with Crippen molar-refractivity contribution in [2.45, 2.75) is 18.9 Å². The Balaban J connectivity index is 1.69. The van der Waals surface area contributed by atoms with Gasteiger partial charge in [-0.25, -0.2) is 9.37 Å². The summed E-state index contributed by atoms with van der Waals surface area (Å²) in [6.45, 7) is 0. The molecule has 4 nitrogen and oxygen atoms in total. The predicted molar refractivity (Wildman–Crippen MR) is 93.8 cm³/mol. The fourth-order valence-electron chi connectivity index (χ4n) is 2.47. The van der Waals surface area contributed by atoms with Gasteiger partial charge in [0.1, 0.15) is 11.6 Å². The van der Waals surface area contributed by atoms with E-state index in [2.05, 4.69) is 20.6 Å². The van der Waals surface area contributed by atoms with Gasteiger partial charge >= 0.3 is 0 Å². The molecule has 1 fully saturated rings. The van der Waals surface area contributed by atoms with E-state index in [1.165, 1.54) is 12.1 Å². The van der Waals surface area contributed by atoms with E-state index in [9.17, 15) is 4.39 Å². The molecule has 4 rings (SSSR count). The fourth-order valence-corrected chi connectivity index (χ4v) is 2.47. The minimum atomic E-state index is -0.296. The van der Waals surface area contributed by atoms with Crippen LogP contribution in [0.1, 0.15) is 12.8 Å². The molecule has 1 aliphatic rings. The first-order chi connectivity index (χ1) is 11.8. The van der Waals surface area contributed by atoms with E-state index in [-0.39, 0.29) is 5.82 Å². The van der Waals surface area contributed by atoms with Crippen LogP contribution in [0.15, 0.2) is 60.7 Å². The van der Waals surface area contributed by atoms with Gasteiger partial charge in [0.2, 0.25) is 5.95 Å². The first-order valence-corrected chi connectivity index (χ1v) is 8.00. The van der Waals surface area contributed by atoms with Crippen LogP contribution < -0.4 is 10.6 Å². The Morgan fingerprint density at radius 3 is 2.50 bits per heavy atom. The van der Waals surface area contributed by atoms with Gasteiger partial charge in [0, 0.05) is 23.4 Å². The lowest BCUT2D eigenvalue weighted by molar-refractivity contribution is 0.628. The molecule has 1 heterocycles. The highest BCUT2D eigenvalue weighted by Crippen LogP contribution is 2.27. The predicted octanol–water partition coefficient (Wildman–Crippen LogP) is 4.60. The van der Waals surface area contributed by atoms with Crippen LogP contribution >= 0.6 is 0 Å². The van der Waals surface area contributed by atoms with Crippen LogP contribution in [0.4, 0.5) is 21.8 Å². The first kappa shape index (κ1) is 14.6. The summed E-state index contributed by atoms with van der Waals surface area (Å²) in [6, 6.07) is 18.7. The molecule has 2 aromatic carbocycles. The highest BCUT2D eigenvalue weighted by Gasteiger charge is 2.22. The van der Waals surface area contributed by atoms with Crippen LogP contribution in [0.25, 0.3) is 11.3 Å². The number of nitrogens with zero attached hydrogens (tertiary/aromatic N) is 2. The van der Waals surface area contributed by atoms with E-state index in [0.717, 1.165) is 29.9 Å². The van der Waals surface area contributed by atoms with Crippen molar-refractivity contribution in [3.05, 3.63) is 66.5 Å². The van der Waals surface area contributed by atoms with Crippen LogP contribution in [0, 0.1) is 5.82 Å². The van der Waals surface area contributed by atoms with Gasteiger partial charge in [-0.3, -0.25) is 0 Å². The van der Waals surface area contributed by atoms with E-state index in [4.69, 9.17) is 0 Å². The summed E-state index contributed by atoms with van der Waals surface area (Å²) in [7, 11) is 0. The Bertz CT molecular complexity index is 847. The van der Waals surface area contributed by atoms with Crippen LogP contribution in [-0.4, -0.2) is 16.0 Å². The van der Waals surface area contributed by atoms with Crippen molar-refractivity contribution in [1.82, 2.24) is 9.97 Å². The SMILES string of the molecule is Fc1cccc(Nc2nc(NC3CC3)cc(-c3ccccc3)n2)c1. The molecule has 0 spiro atoms. The van der Waals surface area contributed by atoms with Crippen LogP contribution in [0.3, 0.4) is 0 Å². The maximum absolute atomic E-state index is 13.4. The molecule has 120 valence electrons. The molecule has 0 atom stereocenters. The number of rotatable bonds is 5. The van der Waals surface area contributed by atoms with E-state index in [1.807, 2.05) is 36.4 Å². The molecule has 0 saturated heterocycles. The summed E-state index contributed by atoms with van der Waals surface area (Å²) in [5.41, 5.74) is 2.46. The van der Waals surface area contributed by atoms with Crippen molar-refractivity contribution < 1.29 is 4.39 Å². The van der Waals surface area contributed by atoms with Gasteiger partial charge in [0.05, 0.1) is 5.69 Å². The number of anilines is 3. The van der Waals surface area contributed by atoms with Crippen molar-refractivity contribution in [3.8, 4) is 11.3 Å². The second-order valence-corrected chi connectivity index (χ2v) is 5.88. The zero-order valence-electron chi connectivity index (χ0n) is 13.0. The molecule has 5 heteroatoms. The summed E-state index contributed by atoms with van der Waals surface area (Å²) in [5.74, 6) is 0.936. The Hall–Kier alpha value is -2.95. The lowest BCUT2D eigenvalue weighted by Gasteiger charge is -2.11. The van der Waals surface area contributed by atoms with Gasteiger partial charge in [0.15, 0.2) is 0 Å². The lowest BCUT2D eigenvalue weighted by Crippen LogP contribution is -2.07. The monoisotopic (exact) mass is 320 g/mol. The van der Waals surface area contributed by atoms with Crippen LogP contribution in [-0.2, 0) is 0 Å². The molecule has 0 aliphatic heterocycles. The number of hydrogen-bond donors (Lipinski definition) is 2. The molecule has 1 aromatic heterocycles. The molecule has 2 N–H and O–H groups in total. The number of aromatic nitrogens is 2. The average Bonchev–Trinajstić information content (AvgIpc) is 3.39. The van der Waals surface area contributed by atoms with E-state index < -0.39 is 0 Å². The van der Waals surface area contributed by atoms with E-state index in [0.29, 0.717) is 17.7 Å². The molecule has 3 aromatic rings. The largest absolute Gasteiger partial charge is 0.367 e. The minimum Gasteiger partial charge on any atom is -0.367 e. The van der Waals surface area contributed by atoms with Crippen molar-refractivity contribution in [2.75, 3.05) is 10.6 Å². The van der Waals surface area contributed by atoms with Gasteiger partial charge in [-0.05, 0) is 31.0 Å². The smallest absolute Gasteiger partial charge is 0.229 e. The molecule has 0 radical (unpaired) electrons. The first-order valence-electron chi connectivity index (χ1n) is 8.00. The Kier molecular flexibility index (Phi) is 3.83.